The van der Waals surface area contributed by atoms with Crippen molar-refractivity contribution in [3.05, 3.63) is 0 Å². The Balaban J connectivity index is -0.0000000800. The molecule has 0 spiro atoms. The van der Waals surface area contributed by atoms with Gasteiger partial charge in [0.15, 0.2) is 0 Å². The van der Waals surface area contributed by atoms with E-state index in [0.29, 0.717) is 0 Å². The summed E-state index contributed by atoms with van der Waals surface area (Å²) in [6.07, 6.45) is 0. The SMILES string of the molecule is N.N.[Cl][Ti]([Cl])([Cl])[Cl]. The molecule has 0 aliphatic carbocycles. The van der Waals surface area contributed by atoms with Crippen molar-refractivity contribution in [2.24, 2.45) is 0 Å². The molecule has 0 fully saturated rings. The molecule has 0 radical (unpaired) electrons. The van der Waals surface area contributed by atoms with E-state index in [-0.39, 0.29) is 12.3 Å². The number of halogens is 4. The van der Waals surface area contributed by atoms with Crippen LogP contribution in [0.15, 0.2) is 0 Å². The maximum absolute atomic E-state index is 5.01. The van der Waals surface area contributed by atoms with E-state index in [1.807, 2.05) is 0 Å². The van der Waals surface area contributed by atoms with E-state index in [9.17, 15) is 0 Å². The van der Waals surface area contributed by atoms with E-state index in [4.69, 9.17) is 37.2 Å². The quantitative estimate of drug-likeness (QED) is 0.620. The van der Waals surface area contributed by atoms with Gasteiger partial charge in [-0.2, -0.15) is 0 Å². The van der Waals surface area contributed by atoms with Gasteiger partial charge in [-0.05, 0) is 0 Å². The predicted octanol–water partition coefficient (Wildman–Crippen LogP) is 3.08. The third-order valence-electron chi connectivity index (χ3n) is 0. The van der Waals surface area contributed by atoms with E-state index in [0.717, 1.165) is 0 Å². The fourth-order valence-corrected chi connectivity index (χ4v) is 0. The van der Waals surface area contributed by atoms with Crippen molar-refractivity contribution in [1.29, 1.82) is 0 Å². The predicted molar refractivity (Wildman–Crippen MR) is 33.5 cm³/mol. The van der Waals surface area contributed by atoms with Gasteiger partial charge < -0.3 is 12.3 Å². The van der Waals surface area contributed by atoms with Crippen molar-refractivity contribution in [2.45, 2.75) is 0 Å². The molecule has 0 unspecified atom stereocenters. The van der Waals surface area contributed by atoms with Crippen LogP contribution in [0.1, 0.15) is 0 Å². The van der Waals surface area contributed by atoms with Gasteiger partial charge in [-0.25, -0.2) is 0 Å². The van der Waals surface area contributed by atoms with Gasteiger partial charge in [0.1, 0.15) is 0 Å². The molecule has 0 aliphatic rings. The average molecular weight is 224 g/mol. The average Bonchev–Trinajstić information content (AvgIpc) is 0.722. The molecule has 48 valence electrons. The summed E-state index contributed by atoms with van der Waals surface area (Å²) in [7, 11) is 20.1. The molecular formula is H6Cl4N2Ti. The second kappa shape index (κ2) is 5.92. The normalized spacial score (nSPS) is 8.57. The fourth-order valence-electron chi connectivity index (χ4n) is 0. The summed E-state index contributed by atoms with van der Waals surface area (Å²) in [4.78, 5) is 0. The van der Waals surface area contributed by atoms with Gasteiger partial charge in [0.05, 0.1) is 0 Å². The van der Waals surface area contributed by atoms with Gasteiger partial charge in [0, 0.05) is 0 Å². The zero-order chi connectivity index (χ0) is 4.50. The molecule has 6 N–H and O–H groups in total. The molecule has 0 aromatic carbocycles. The first kappa shape index (κ1) is 15.9. The number of rotatable bonds is 0. The van der Waals surface area contributed by atoms with E-state index in [1.165, 1.54) is 0 Å². The summed E-state index contributed by atoms with van der Waals surface area (Å²) in [6.45, 7) is 0. The third kappa shape index (κ3) is 81.3. The van der Waals surface area contributed by atoms with Crippen molar-refractivity contribution in [3.8, 4) is 0 Å². The van der Waals surface area contributed by atoms with E-state index in [1.54, 1.807) is 0 Å². The van der Waals surface area contributed by atoms with Gasteiger partial charge >= 0.3 is 49.6 Å². The summed E-state index contributed by atoms with van der Waals surface area (Å²) in [6, 6.07) is 0. The Labute approximate surface area is 61.5 Å². The molecule has 0 aromatic heterocycles. The monoisotopic (exact) mass is 222 g/mol. The molecule has 2 nitrogen and oxygen atoms in total. The summed E-state index contributed by atoms with van der Waals surface area (Å²) in [5, 5.41) is 0. The molecule has 0 rings (SSSR count). The van der Waals surface area contributed by atoms with E-state index < -0.39 is 12.3 Å². The van der Waals surface area contributed by atoms with Crippen molar-refractivity contribution < 1.29 is 12.3 Å². The maximum atomic E-state index is 5.01. The van der Waals surface area contributed by atoms with Crippen LogP contribution in [0.4, 0.5) is 0 Å². The molecule has 0 bridgehead atoms. The second-order valence-electron chi connectivity index (χ2n) is 0.429. The Morgan fingerprint density at radius 3 is 0.714 bits per heavy atom. The van der Waals surface area contributed by atoms with Crippen LogP contribution in [0.5, 0.6) is 0 Å². The van der Waals surface area contributed by atoms with Gasteiger partial charge in [-0.3, -0.25) is 0 Å². The third-order valence-corrected chi connectivity index (χ3v) is 0. The Hall–Kier alpha value is 1.79. The van der Waals surface area contributed by atoms with Crippen LogP contribution >= 0.6 is 37.2 Å². The van der Waals surface area contributed by atoms with Gasteiger partial charge in [0.25, 0.3) is 0 Å². The second-order valence-corrected chi connectivity index (χ2v) is 15.9. The zero-order valence-corrected chi connectivity index (χ0v) is 8.01. The number of hydrogen-bond donors (Lipinski definition) is 2. The van der Waals surface area contributed by atoms with Crippen LogP contribution < -0.4 is 12.3 Å². The minimum absolute atomic E-state index is 0. The molecule has 0 amide bonds. The first-order valence-corrected chi connectivity index (χ1v) is 9.35. The van der Waals surface area contributed by atoms with Crippen LogP contribution in [0.25, 0.3) is 0 Å². The van der Waals surface area contributed by atoms with Gasteiger partial charge in [0.2, 0.25) is 0 Å². The first-order valence-electron chi connectivity index (χ1n) is 0.756. The fraction of sp³-hybridized carbons (Fsp3) is 0. The summed E-state index contributed by atoms with van der Waals surface area (Å²) in [5.41, 5.74) is 0. The van der Waals surface area contributed by atoms with Crippen LogP contribution in [0.3, 0.4) is 0 Å². The minimum atomic E-state index is -3.11. The van der Waals surface area contributed by atoms with Crippen molar-refractivity contribution in [3.63, 3.8) is 0 Å². The number of hydrogen-bond acceptors (Lipinski definition) is 2. The molecular weight excluding hydrogens is 218 g/mol. The van der Waals surface area contributed by atoms with Gasteiger partial charge in [-0.1, -0.05) is 0 Å². The van der Waals surface area contributed by atoms with Crippen LogP contribution in [0.2, 0.25) is 0 Å². The van der Waals surface area contributed by atoms with Crippen molar-refractivity contribution in [1.82, 2.24) is 12.3 Å². The molecule has 0 aromatic rings. The van der Waals surface area contributed by atoms with Gasteiger partial charge in [-0.15, -0.1) is 0 Å². The summed E-state index contributed by atoms with van der Waals surface area (Å²) in [5.74, 6) is 0. The zero-order valence-electron chi connectivity index (χ0n) is 3.43. The molecule has 0 atom stereocenters. The summed E-state index contributed by atoms with van der Waals surface area (Å²) < 4.78 is 0. The molecule has 0 aliphatic heterocycles. The Bertz CT molecular complexity index is 25.2. The van der Waals surface area contributed by atoms with Crippen LogP contribution in [-0.4, -0.2) is 0 Å². The molecule has 7 heteroatoms. The molecule has 7 heavy (non-hydrogen) atoms. The molecule has 0 saturated heterocycles. The summed E-state index contributed by atoms with van der Waals surface area (Å²) >= 11 is -3.11. The standard InChI is InChI=1S/4ClH.2H3N.Ti/h4*1H;2*1H3;/q;;;;;;+4/p-4. The van der Waals surface area contributed by atoms with Crippen LogP contribution in [0, 0.1) is 0 Å². The van der Waals surface area contributed by atoms with Crippen molar-refractivity contribution in [2.75, 3.05) is 0 Å². The molecule has 0 saturated carbocycles. The Kier molecular flexibility index (Phi) is 13.5. The molecule has 0 heterocycles. The Morgan fingerprint density at radius 2 is 0.714 bits per heavy atom. The van der Waals surface area contributed by atoms with Crippen molar-refractivity contribution >= 4 is 37.2 Å². The van der Waals surface area contributed by atoms with E-state index >= 15 is 0 Å². The Morgan fingerprint density at radius 1 is 0.714 bits per heavy atom. The topological polar surface area (TPSA) is 70.0 Å². The van der Waals surface area contributed by atoms with Crippen LogP contribution in [-0.2, 0) is 12.3 Å². The first-order chi connectivity index (χ1) is 2.00. The van der Waals surface area contributed by atoms with E-state index in [2.05, 4.69) is 0 Å².